The molecule has 104 valence electrons. The Morgan fingerprint density at radius 3 is 2.75 bits per heavy atom. The van der Waals surface area contributed by atoms with Crippen molar-refractivity contribution in [3.8, 4) is 0 Å². The maximum atomic E-state index is 13.9. The zero-order valence-corrected chi connectivity index (χ0v) is 11.4. The fourth-order valence-corrected chi connectivity index (χ4v) is 3.15. The number of halogens is 1. The van der Waals surface area contributed by atoms with Crippen molar-refractivity contribution >= 4 is 22.7 Å². The lowest BCUT2D eigenvalue weighted by Gasteiger charge is -2.18. The maximum absolute atomic E-state index is 13.9. The van der Waals surface area contributed by atoms with Gasteiger partial charge in [-0.1, -0.05) is 12.1 Å². The van der Waals surface area contributed by atoms with Gasteiger partial charge in [0.05, 0.1) is 11.0 Å². The van der Waals surface area contributed by atoms with Crippen LogP contribution < -0.4 is 5.32 Å². The highest BCUT2D eigenvalue weighted by atomic mass is 32.1. The molecule has 6 heteroatoms. The summed E-state index contributed by atoms with van der Waals surface area (Å²) in [5.41, 5.74) is -0.227. The number of para-hydroxylation sites is 1. The third-order valence-corrected chi connectivity index (χ3v) is 4.39. The number of anilines is 1. The van der Waals surface area contributed by atoms with Crippen LogP contribution in [0.15, 0.2) is 35.7 Å². The van der Waals surface area contributed by atoms with Crippen molar-refractivity contribution in [3.05, 3.63) is 56.5 Å². The molecule has 0 aliphatic heterocycles. The minimum absolute atomic E-state index is 0.0113. The van der Waals surface area contributed by atoms with Gasteiger partial charge in [-0.05, 0) is 36.3 Å². The molecule has 1 heterocycles. The second-order valence-corrected chi connectivity index (χ2v) is 5.85. The zero-order valence-electron chi connectivity index (χ0n) is 10.6. The number of nitro groups is 1. The minimum Gasteiger partial charge on any atom is -0.369 e. The monoisotopic (exact) mass is 292 g/mol. The molecule has 1 aromatic carbocycles. The van der Waals surface area contributed by atoms with E-state index < -0.39 is 10.7 Å². The molecule has 20 heavy (non-hydrogen) atoms. The number of rotatable bonds is 5. The number of nitrogens with one attached hydrogen (secondary N) is 1. The summed E-state index contributed by atoms with van der Waals surface area (Å²) in [5.74, 6) is -0.158. The van der Waals surface area contributed by atoms with E-state index in [2.05, 4.69) is 5.32 Å². The Hall–Kier alpha value is -1.95. The lowest BCUT2D eigenvalue weighted by molar-refractivity contribution is -0.384. The van der Waals surface area contributed by atoms with Gasteiger partial charge in [0.25, 0.3) is 5.69 Å². The number of hydrogen-bond donors (Lipinski definition) is 1. The average Bonchev–Trinajstić information content (AvgIpc) is 3.11. The van der Waals surface area contributed by atoms with Gasteiger partial charge >= 0.3 is 0 Å². The molecule has 1 aromatic heterocycles. The normalized spacial score (nSPS) is 15.8. The van der Waals surface area contributed by atoms with Gasteiger partial charge in [-0.15, -0.1) is 11.3 Å². The van der Waals surface area contributed by atoms with Crippen LogP contribution in [0.2, 0.25) is 0 Å². The van der Waals surface area contributed by atoms with Gasteiger partial charge < -0.3 is 5.32 Å². The topological polar surface area (TPSA) is 55.2 Å². The summed E-state index contributed by atoms with van der Waals surface area (Å²) in [4.78, 5) is 11.6. The van der Waals surface area contributed by atoms with Crippen molar-refractivity contribution < 1.29 is 9.31 Å². The molecular weight excluding hydrogens is 279 g/mol. The van der Waals surface area contributed by atoms with Gasteiger partial charge in [-0.2, -0.15) is 0 Å². The van der Waals surface area contributed by atoms with Gasteiger partial charge in [0.15, 0.2) is 5.82 Å². The van der Waals surface area contributed by atoms with Crippen molar-refractivity contribution in [2.45, 2.75) is 18.9 Å². The number of hydrogen-bond acceptors (Lipinski definition) is 4. The Kier molecular flexibility index (Phi) is 3.40. The van der Waals surface area contributed by atoms with Crippen molar-refractivity contribution in [1.82, 2.24) is 0 Å². The SMILES string of the molecule is O=[N+]([O-])c1cccc(F)c1NC(c1cccs1)C1CC1. The van der Waals surface area contributed by atoms with E-state index in [-0.39, 0.29) is 17.4 Å². The third kappa shape index (κ3) is 2.51. The molecule has 0 spiro atoms. The van der Waals surface area contributed by atoms with Crippen LogP contribution in [0.25, 0.3) is 0 Å². The largest absolute Gasteiger partial charge is 0.369 e. The van der Waals surface area contributed by atoms with E-state index in [0.717, 1.165) is 17.7 Å². The van der Waals surface area contributed by atoms with E-state index in [1.54, 1.807) is 11.3 Å². The Labute approximate surface area is 119 Å². The molecule has 0 radical (unpaired) electrons. The molecule has 1 atom stereocenters. The first-order valence-electron chi connectivity index (χ1n) is 6.39. The first-order valence-corrected chi connectivity index (χ1v) is 7.27. The summed E-state index contributed by atoms with van der Waals surface area (Å²) in [6, 6.07) is 7.79. The van der Waals surface area contributed by atoms with Crippen LogP contribution in [0.4, 0.5) is 15.8 Å². The number of benzene rings is 1. The van der Waals surface area contributed by atoms with Crippen molar-refractivity contribution in [2.24, 2.45) is 5.92 Å². The van der Waals surface area contributed by atoms with Crippen LogP contribution in [0.1, 0.15) is 23.8 Å². The van der Waals surface area contributed by atoms with Gasteiger partial charge in [-0.3, -0.25) is 10.1 Å². The lowest BCUT2D eigenvalue weighted by Crippen LogP contribution is -2.14. The molecule has 1 fully saturated rings. The fraction of sp³-hybridized carbons (Fsp3) is 0.286. The summed E-state index contributed by atoms with van der Waals surface area (Å²) >= 11 is 1.58. The van der Waals surface area contributed by atoms with E-state index in [1.807, 2.05) is 17.5 Å². The van der Waals surface area contributed by atoms with Gasteiger partial charge in [-0.25, -0.2) is 4.39 Å². The van der Waals surface area contributed by atoms with Crippen LogP contribution in [-0.4, -0.2) is 4.92 Å². The number of nitrogens with zero attached hydrogens (tertiary/aromatic N) is 1. The second kappa shape index (κ2) is 5.20. The second-order valence-electron chi connectivity index (χ2n) is 4.87. The summed E-state index contributed by atoms with van der Waals surface area (Å²) in [7, 11) is 0. The summed E-state index contributed by atoms with van der Waals surface area (Å²) < 4.78 is 13.9. The summed E-state index contributed by atoms with van der Waals surface area (Å²) in [6.45, 7) is 0. The molecule has 1 N–H and O–H groups in total. The molecule has 1 unspecified atom stereocenters. The zero-order chi connectivity index (χ0) is 14.1. The molecule has 1 saturated carbocycles. The van der Waals surface area contributed by atoms with Crippen LogP contribution in [0, 0.1) is 21.8 Å². The highest BCUT2D eigenvalue weighted by Gasteiger charge is 2.34. The molecular formula is C14H13FN2O2S. The van der Waals surface area contributed by atoms with E-state index >= 15 is 0 Å². The standard InChI is InChI=1S/C14H13FN2O2S/c15-10-3-1-4-11(17(18)19)14(10)16-13(9-6-7-9)12-5-2-8-20-12/h1-5,8-9,13,16H,6-7H2. The van der Waals surface area contributed by atoms with Gasteiger partial charge in [0, 0.05) is 10.9 Å². The quantitative estimate of drug-likeness (QED) is 0.658. The Balaban J connectivity index is 1.95. The number of nitro benzene ring substituents is 1. The van der Waals surface area contributed by atoms with E-state index in [1.165, 1.54) is 18.2 Å². The Bertz CT molecular complexity index is 626. The first kappa shape index (κ1) is 13.1. The van der Waals surface area contributed by atoms with Crippen molar-refractivity contribution in [2.75, 3.05) is 5.32 Å². The van der Waals surface area contributed by atoms with Gasteiger partial charge in [0.1, 0.15) is 5.69 Å². The number of thiophene rings is 1. The van der Waals surface area contributed by atoms with Crippen molar-refractivity contribution in [3.63, 3.8) is 0 Å². The van der Waals surface area contributed by atoms with Crippen molar-refractivity contribution in [1.29, 1.82) is 0 Å². The lowest BCUT2D eigenvalue weighted by atomic mass is 10.1. The molecule has 0 bridgehead atoms. The summed E-state index contributed by atoms with van der Waals surface area (Å²) in [5, 5.41) is 16.0. The molecule has 1 aliphatic rings. The predicted octanol–water partition coefficient (Wildman–Crippen LogP) is 4.36. The molecule has 2 aromatic rings. The minimum atomic E-state index is -0.582. The Morgan fingerprint density at radius 2 is 2.15 bits per heavy atom. The smallest absolute Gasteiger partial charge is 0.295 e. The summed E-state index contributed by atoms with van der Waals surface area (Å²) in [6.07, 6.45) is 2.13. The molecule has 4 nitrogen and oxygen atoms in total. The van der Waals surface area contributed by atoms with E-state index in [4.69, 9.17) is 0 Å². The molecule has 1 aliphatic carbocycles. The highest BCUT2D eigenvalue weighted by Crippen LogP contribution is 2.45. The Morgan fingerprint density at radius 1 is 1.35 bits per heavy atom. The fourth-order valence-electron chi connectivity index (χ4n) is 2.28. The van der Waals surface area contributed by atoms with Crippen LogP contribution >= 0.6 is 11.3 Å². The van der Waals surface area contributed by atoms with Crippen LogP contribution in [0.3, 0.4) is 0 Å². The highest BCUT2D eigenvalue weighted by molar-refractivity contribution is 7.10. The third-order valence-electron chi connectivity index (χ3n) is 3.43. The maximum Gasteiger partial charge on any atom is 0.295 e. The molecule has 0 saturated heterocycles. The molecule has 3 rings (SSSR count). The van der Waals surface area contributed by atoms with Gasteiger partial charge in [0.2, 0.25) is 0 Å². The predicted molar refractivity (Wildman–Crippen MR) is 76.5 cm³/mol. The molecule has 0 amide bonds. The first-order chi connectivity index (χ1) is 9.66. The van der Waals surface area contributed by atoms with E-state index in [0.29, 0.717) is 5.92 Å². The van der Waals surface area contributed by atoms with E-state index in [9.17, 15) is 14.5 Å². The van der Waals surface area contributed by atoms with Crippen LogP contribution in [-0.2, 0) is 0 Å². The average molecular weight is 292 g/mol. The van der Waals surface area contributed by atoms with Crippen LogP contribution in [0.5, 0.6) is 0 Å².